The number of rotatable bonds is 5. The van der Waals surface area contributed by atoms with Gasteiger partial charge in [0, 0.05) is 28.6 Å². The summed E-state index contributed by atoms with van der Waals surface area (Å²) in [5, 5.41) is 5.72. The summed E-state index contributed by atoms with van der Waals surface area (Å²) in [5.74, 6) is -1.90. The Hall–Kier alpha value is -3.40. The first-order valence-electron chi connectivity index (χ1n) is 9.66. The Morgan fingerprint density at radius 2 is 1.84 bits per heavy atom. The van der Waals surface area contributed by atoms with Crippen LogP contribution in [-0.2, 0) is 21.1 Å². The summed E-state index contributed by atoms with van der Waals surface area (Å²) >= 11 is 0. The third-order valence-electron chi connectivity index (χ3n) is 5.10. The van der Waals surface area contributed by atoms with Crippen molar-refractivity contribution in [3.05, 3.63) is 70.9 Å². The molecule has 2 heterocycles. The first kappa shape index (κ1) is 21.8. The molecule has 0 bridgehead atoms. The van der Waals surface area contributed by atoms with Gasteiger partial charge in [-0.25, -0.2) is 27.2 Å². The van der Waals surface area contributed by atoms with Crippen LogP contribution in [-0.4, -0.2) is 30.5 Å². The highest BCUT2D eigenvalue weighted by Crippen LogP contribution is 2.34. The number of amides is 1. The standard InChI is InChI=1S/C22H20F2N4O3S/c1-22(2)16-9-12(4-6-15(16)20(29)28-22)19-18(24)10-25-21(27-19)26-14-5-7-17(23)13(8-14)11-32(3,30)31/h4-10H,11H2,1-3H3,(H,28,29)(H,25,26,27). The maximum absolute atomic E-state index is 14.6. The summed E-state index contributed by atoms with van der Waals surface area (Å²) in [6.45, 7) is 3.71. The Morgan fingerprint density at radius 1 is 1.09 bits per heavy atom. The van der Waals surface area contributed by atoms with Gasteiger partial charge >= 0.3 is 0 Å². The number of hydrogen-bond donors (Lipinski definition) is 2. The van der Waals surface area contributed by atoms with Crippen LogP contribution in [0.1, 0.15) is 35.3 Å². The predicted octanol–water partition coefficient (Wildman–Crippen LogP) is 3.69. The highest BCUT2D eigenvalue weighted by Gasteiger charge is 2.35. The molecular weight excluding hydrogens is 438 g/mol. The molecule has 2 N–H and O–H groups in total. The van der Waals surface area contributed by atoms with E-state index in [-0.39, 0.29) is 23.1 Å². The fraction of sp³-hybridized carbons (Fsp3) is 0.227. The molecule has 0 atom stereocenters. The lowest BCUT2D eigenvalue weighted by Crippen LogP contribution is -2.32. The number of sulfone groups is 1. The van der Waals surface area contributed by atoms with Crippen molar-refractivity contribution in [2.75, 3.05) is 11.6 Å². The van der Waals surface area contributed by atoms with E-state index in [2.05, 4.69) is 20.6 Å². The van der Waals surface area contributed by atoms with E-state index >= 15 is 0 Å². The van der Waals surface area contributed by atoms with Gasteiger partial charge in [-0.2, -0.15) is 0 Å². The highest BCUT2D eigenvalue weighted by atomic mass is 32.2. The molecule has 0 radical (unpaired) electrons. The molecule has 166 valence electrons. The maximum Gasteiger partial charge on any atom is 0.252 e. The van der Waals surface area contributed by atoms with Gasteiger partial charge in [0.05, 0.1) is 17.5 Å². The molecule has 4 rings (SSSR count). The van der Waals surface area contributed by atoms with Gasteiger partial charge in [-0.05, 0) is 49.7 Å². The van der Waals surface area contributed by atoms with E-state index in [9.17, 15) is 22.0 Å². The van der Waals surface area contributed by atoms with Crippen molar-refractivity contribution >= 4 is 27.4 Å². The summed E-state index contributed by atoms with van der Waals surface area (Å²) in [4.78, 5) is 20.3. The average molecular weight is 458 g/mol. The molecule has 0 fully saturated rings. The van der Waals surface area contributed by atoms with Crippen LogP contribution >= 0.6 is 0 Å². The van der Waals surface area contributed by atoms with Crippen LogP contribution in [0.2, 0.25) is 0 Å². The van der Waals surface area contributed by atoms with Crippen LogP contribution in [0, 0.1) is 11.6 Å². The van der Waals surface area contributed by atoms with E-state index < -0.39 is 32.8 Å². The Balaban J connectivity index is 1.68. The molecule has 7 nitrogen and oxygen atoms in total. The number of carbonyl (C=O) groups is 1. The molecule has 3 aromatic rings. The van der Waals surface area contributed by atoms with Crippen molar-refractivity contribution in [1.82, 2.24) is 15.3 Å². The van der Waals surface area contributed by atoms with Crippen molar-refractivity contribution in [3.63, 3.8) is 0 Å². The summed E-state index contributed by atoms with van der Waals surface area (Å²) in [6, 6.07) is 8.84. The van der Waals surface area contributed by atoms with Crippen LogP contribution in [0.4, 0.5) is 20.4 Å². The minimum Gasteiger partial charge on any atom is -0.343 e. The molecule has 10 heteroatoms. The molecule has 1 amide bonds. The van der Waals surface area contributed by atoms with Gasteiger partial charge in [0.15, 0.2) is 15.7 Å². The number of carbonyl (C=O) groups excluding carboxylic acids is 1. The van der Waals surface area contributed by atoms with Crippen molar-refractivity contribution in [2.45, 2.75) is 25.1 Å². The fourth-order valence-electron chi connectivity index (χ4n) is 3.63. The van der Waals surface area contributed by atoms with Crippen LogP contribution < -0.4 is 10.6 Å². The molecule has 0 saturated heterocycles. The number of halogens is 2. The van der Waals surface area contributed by atoms with Gasteiger partial charge in [0.25, 0.3) is 5.91 Å². The minimum atomic E-state index is -3.43. The van der Waals surface area contributed by atoms with Crippen LogP contribution in [0.3, 0.4) is 0 Å². The minimum absolute atomic E-state index is 0.00199. The summed E-state index contributed by atoms with van der Waals surface area (Å²) in [5.41, 5.74) is 1.50. The Labute approximate surface area is 183 Å². The van der Waals surface area contributed by atoms with E-state index in [0.717, 1.165) is 24.1 Å². The van der Waals surface area contributed by atoms with Gasteiger partial charge in [-0.1, -0.05) is 6.07 Å². The van der Waals surface area contributed by atoms with Crippen LogP contribution in [0.25, 0.3) is 11.3 Å². The molecule has 0 saturated carbocycles. The summed E-state index contributed by atoms with van der Waals surface area (Å²) in [7, 11) is -3.43. The summed E-state index contributed by atoms with van der Waals surface area (Å²) in [6.07, 6.45) is 2.02. The van der Waals surface area contributed by atoms with Gasteiger partial charge in [0.2, 0.25) is 5.95 Å². The summed E-state index contributed by atoms with van der Waals surface area (Å²) < 4.78 is 51.6. The number of fused-ring (bicyclic) bond motifs is 1. The third-order valence-corrected chi connectivity index (χ3v) is 5.94. The number of hydrogen-bond acceptors (Lipinski definition) is 6. The van der Waals surface area contributed by atoms with E-state index in [1.807, 2.05) is 13.8 Å². The molecule has 0 unspecified atom stereocenters. The van der Waals surface area contributed by atoms with E-state index in [1.165, 1.54) is 12.1 Å². The third kappa shape index (κ3) is 4.31. The zero-order valence-electron chi connectivity index (χ0n) is 17.5. The second-order valence-corrected chi connectivity index (χ2v) is 10.4. The predicted molar refractivity (Wildman–Crippen MR) is 116 cm³/mol. The normalized spacial score (nSPS) is 14.7. The van der Waals surface area contributed by atoms with Crippen molar-refractivity contribution < 1.29 is 22.0 Å². The van der Waals surface area contributed by atoms with Gasteiger partial charge < -0.3 is 10.6 Å². The number of nitrogens with zero attached hydrogens (tertiary/aromatic N) is 2. The monoisotopic (exact) mass is 458 g/mol. The molecule has 0 aliphatic carbocycles. The fourth-order valence-corrected chi connectivity index (χ4v) is 4.42. The number of benzene rings is 2. The van der Waals surface area contributed by atoms with Crippen LogP contribution in [0.15, 0.2) is 42.6 Å². The van der Waals surface area contributed by atoms with Crippen molar-refractivity contribution in [1.29, 1.82) is 0 Å². The molecule has 1 aliphatic rings. The SMILES string of the molecule is CC1(C)NC(=O)c2ccc(-c3nc(Nc4ccc(F)c(CS(C)(=O)=O)c4)ncc3F)cc21. The van der Waals surface area contributed by atoms with E-state index in [0.29, 0.717) is 16.8 Å². The Morgan fingerprint density at radius 3 is 2.56 bits per heavy atom. The quantitative estimate of drug-likeness (QED) is 0.605. The lowest BCUT2D eigenvalue weighted by atomic mass is 9.92. The highest BCUT2D eigenvalue weighted by molar-refractivity contribution is 7.89. The Kier molecular flexibility index (Phi) is 5.20. The molecular formula is C22H20F2N4O3S. The average Bonchev–Trinajstić information content (AvgIpc) is 2.93. The second kappa shape index (κ2) is 7.63. The van der Waals surface area contributed by atoms with Crippen LogP contribution in [0.5, 0.6) is 0 Å². The maximum atomic E-state index is 14.6. The Bertz CT molecular complexity index is 1360. The lowest BCUT2D eigenvalue weighted by Gasteiger charge is -2.19. The van der Waals surface area contributed by atoms with Gasteiger partial charge in [-0.15, -0.1) is 0 Å². The first-order valence-corrected chi connectivity index (χ1v) is 11.7. The zero-order valence-corrected chi connectivity index (χ0v) is 18.3. The topological polar surface area (TPSA) is 101 Å². The van der Waals surface area contributed by atoms with E-state index in [1.54, 1.807) is 18.2 Å². The second-order valence-electron chi connectivity index (χ2n) is 8.23. The number of nitrogens with one attached hydrogen (secondary N) is 2. The lowest BCUT2D eigenvalue weighted by molar-refractivity contribution is 0.0940. The largest absolute Gasteiger partial charge is 0.343 e. The molecule has 1 aliphatic heterocycles. The smallest absolute Gasteiger partial charge is 0.252 e. The van der Waals surface area contributed by atoms with Gasteiger partial charge in [0.1, 0.15) is 11.5 Å². The van der Waals surface area contributed by atoms with E-state index in [4.69, 9.17) is 0 Å². The number of anilines is 2. The molecule has 1 aromatic heterocycles. The van der Waals surface area contributed by atoms with Crippen molar-refractivity contribution in [2.24, 2.45) is 0 Å². The van der Waals surface area contributed by atoms with Crippen molar-refractivity contribution in [3.8, 4) is 11.3 Å². The first-order chi connectivity index (χ1) is 14.9. The molecule has 32 heavy (non-hydrogen) atoms. The molecule has 2 aromatic carbocycles. The zero-order chi connectivity index (χ0) is 23.3. The number of aromatic nitrogens is 2. The van der Waals surface area contributed by atoms with Gasteiger partial charge in [-0.3, -0.25) is 4.79 Å². The molecule has 0 spiro atoms.